The van der Waals surface area contributed by atoms with Crippen LogP contribution in [0.4, 0.5) is 13.2 Å². The number of carbonyl (C=O) groups is 2. The summed E-state index contributed by atoms with van der Waals surface area (Å²) in [6.07, 6.45) is -3.11. The van der Waals surface area contributed by atoms with Crippen molar-refractivity contribution in [3.63, 3.8) is 0 Å². The maximum atomic E-state index is 11.9. The molecule has 6 nitrogen and oxygen atoms in total. The second kappa shape index (κ2) is 5.48. The summed E-state index contributed by atoms with van der Waals surface area (Å²) in [5, 5.41) is 7.12. The van der Waals surface area contributed by atoms with Gasteiger partial charge in [0.25, 0.3) is 10.1 Å². The van der Waals surface area contributed by atoms with Crippen LogP contribution >= 0.6 is 0 Å². The van der Waals surface area contributed by atoms with Gasteiger partial charge in [-0.15, -0.1) is 0 Å². The van der Waals surface area contributed by atoms with Crippen molar-refractivity contribution in [1.82, 2.24) is 0 Å². The number of hydrogen-bond acceptors (Lipinski definition) is 4. The van der Waals surface area contributed by atoms with Crippen LogP contribution in [0.3, 0.4) is 0 Å². The summed E-state index contributed by atoms with van der Waals surface area (Å²) in [4.78, 5) is 20.8. The SMILES string of the molecule is CC1(C)C2CCC1(CS(=O)(=O)O)C(=O)C2.O=C(O)C(F)(F)F. The number of aliphatic carboxylic acids is 1. The van der Waals surface area contributed by atoms with E-state index in [1.165, 1.54) is 0 Å². The average Bonchev–Trinajstić information content (AvgIpc) is 2.60. The Bertz CT molecular complexity index is 580. The van der Waals surface area contributed by atoms with E-state index in [2.05, 4.69) is 0 Å². The number of rotatable bonds is 2. The molecule has 0 aliphatic heterocycles. The molecule has 2 unspecified atom stereocenters. The van der Waals surface area contributed by atoms with Gasteiger partial charge in [-0.3, -0.25) is 9.35 Å². The molecule has 2 N–H and O–H groups in total. The van der Waals surface area contributed by atoms with Crippen LogP contribution < -0.4 is 0 Å². The van der Waals surface area contributed by atoms with Crippen LogP contribution in [0.5, 0.6) is 0 Å². The standard InChI is InChI=1S/C10H16O4S.C2HF3O2/c1-9(2)7-3-4-10(9,8(11)5-7)6-15(12,13)14;3-2(4,5)1(6)7/h7H,3-6H2,1-2H3,(H,12,13,14);(H,6,7). The number of carboxylic acids is 1. The molecule has 0 saturated heterocycles. The van der Waals surface area contributed by atoms with Crippen molar-refractivity contribution < 1.29 is 40.8 Å². The molecule has 0 spiro atoms. The summed E-state index contributed by atoms with van der Waals surface area (Å²) in [5.74, 6) is -2.86. The van der Waals surface area contributed by atoms with Crippen LogP contribution in [0.25, 0.3) is 0 Å². The number of halogens is 3. The monoisotopic (exact) mass is 346 g/mol. The van der Waals surface area contributed by atoms with E-state index in [9.17, 15) is 26.4 Å². The van der Waals surface area contributed by atoms with Gasteiger partial charge in [0.2, 0.25) is 0 Å². The number of alkyl halides is 3. The van der Waals surface area contributed by atoms with E-state index in [1.807, 2.05) is 13.8 Å². The zero-order valence-electron chi connectivity index (χ0n) is 12.0. The molecule has 0 aromatic carbocycles. The molecule has 2 aliphatic carbocycles. The summed E-state index contributed by atoms with van der Waals surface area (Å²) in [6, 6.07) is 0. The Morgan fingerprint density at radius 1 is 1.36 bits per heavy atom. The zero-order chi connectivity index (χ0) is 17.6. The van der Waals surface area contributed by atoms with E-state index in [0.29, 0.717) is 12.8 Å². The Hall–Kier alpha value is -1.16. The van der Waals surface area contributed by atoms with Crippen molar-refractivity contribution in [2.24, 2.45) is 16.7 Å². The Balaban J connectivity index is 0.000000295. The van der Waals surface area contributed by atoms with E-state index in [0.717, 1.165) is 6.42 Å². The van der Waals surface area contributed by atoms with E-state index < -0.39 is 33.4 Å². The van der Waals surface area contributed by atoms with Crippen molar-refractivity contribution in [3.05, 3.63) is 0 Å². The van der Waals surface area contributed by atoms with E-state index in [1.54, 1.807) is 0 Å². The molecular formula is C12H17F3O6S. The fourth-order valence-corrected chi connectivity index (χ4v) is 4.72. The highest BCUT2D eigenvalue weighted by molar-refractivity contribution is 7.85. The molecular weight excluding hydrogens is 329 g/mol. The third-order valence-electron chi connectivity index (χ3n) is 4.81. The first-order valence-electron chi connectivity index (χ1n) is 6.42. The first-order valence-corrected chi connectivity index (χ1v) is 8.03. The lowest BCUT2D eigenvalue weighted by atomic mass is 9.70. The van der Waals surface area contributed by atoms with Crippen molar-refractivity contribution >= 4 is 21.9 Å². The van der Waals surface area contributed by atoms with E-state index >= 15 is 0 Å². The van der Waals surface area contributed by atoms with E-state index in [4.69, 9.17) is 14.5 Å². The Labute approximate surface area is 125 Å². The largest absolute Gasteiger partial charge is 0.490 e. The van der Waals surface area contributed by atoms with Crippen LogP contribution in [0.15, 0.2) is 0 Å². The number of fused-ring (bicyclic) bond motifs is 2. The molecule has 0 radical (unpaired) electrons. The van der Waals surface area contributed by atoms with Crippen molar-refractivity contribution in [2.45, 2.75) is 39.3 Å². The maximum Gasteiger partial charge on any atom is 0.490 e. The fourth-order valence-electron chi connectivity index (χ4n) is 3.42. The van der Waals surface area contributed by atoms with Crippen molar-refractivity contribution in [1.29, 1.82) is 0 Å². The van der Waals surface area contributed by atoms with Gasteiger partial charge in [0.05, 0.1) is 11.2 Å². The van der Waals surface area contributed by atoms with E-state index in [-0.39, 0.29) is 17.1 Å². The minimum atomic E-state index is -5.08. The van der Waals surface area contributed by atoms with Crippen molar-refractivity contribution in [2.75, 3.05) is 5.75 Å². The van der Waals surface area contributed by atoms with Crippen LogP contribution in [0.1, 0.15) is 33.1 Å². The molecule has 2 fully saturated rings. The number of Topliss-reactive ketones (excluding diaryl/α,β-unsaturated/α-hetero) is 1. The Morgan fingerprint density at radius 3 is 2.05 bits per heavy atom. The second-order valence-corrected chi connectivity index (χ2v) is 7.65. The highest BCUT2D eigenvalue weighted by atomic mass is 32.2. The molecule has 2 saturated carbocycles. The lowest BCUT2D eigenvalue weighted by Gasteiger charge is -2.35. The molecule has 0 aromatic heterocycles. The summed E-state index contributed by atoms with van der Waals surface area (Å²) in [5.41, 5.74) is -1.12. The van der Waals surface area contributed by atoms with Crippen LogP contribution in [-0.4, -0.2) is 41.8 Å². The van der Waals surface area contributed by atoms with Gasteiger partial charge in [-0.2, -0.15) is 21.6 Å². The number of ketones is 1. The average molecular weight is 346 g/mol. The number of carbonyl (C=O) groups excluding carboxylic acids is 1. The minimum Gasteiger partial charge on any atom is -0.475 e. The van der Waals surface area contributed by atoms with Gasteiger partial charge in [0, 0.05) is 6.42 Å². The molecule has 0 amide bonds. The molecule has 2 bridgehead atoms. The second-order valence-electron chi connectivity index (χ2n) is 6.20. The maximum absolute atomic E-state index is 11.9. The molecule has 2 atom stereocenters. The predicted octanol–water partition coefficient (Wildman–Crippen LogP) is 1.90. The summed E-state index contributed by atoms with van der Waals surface area (Å²) < 4.78 is 62.7. The zero-order valence-corrected chi connectivity index (χ0v) is 12.8. The quantitative estimate of drug-likeness (QED) is 0.739. The van der Waals surface area contributed by atoms with Gasteiger partial charge in [-0.1, -0.05) is 13.8 Å². The topological polar surface area (TPSA) is 109 Å². The smallest absolute Gasteiger partial charge is 0.475 e. The minimum absolute atomic E-state index is 0.0152. The summed E-state index contributed by atoms with van der Waals surface area (Å²) in [6.45, 7) is 3.89. The lowest BCUT2D eigenvalue weighted by Crippen LogP contribution is -2.42. The summed E-state index contributed by atoms with van der Waals surface area (Å²) >= 11 is 0. The fraction of sp³-hybridized carbons (Fsp3) is 0.833. The lowest BCUT2D eigenvalue weighted by molar-refractivity contribution is -0.192. The number of carboxylic acid groups (broad SMARTS) is 1. The summed E-state index contributed by atoms with van der Waals surface area (Å²) in [7, 11) is -4.08. The van der Waals surface area contributed by atoms with Gasteiger partial charge < -0.3 is 5.11 Å². The highest BCUT2D eigenvalue weighted by Gasteiger charge is 2.65. The van der Waals surface area contributed by atoms with Crippen molar-refractivity contribution in [3.8, 4) is 0 Å². The van der Waals surface area contributed by atoms with Gasteiger partial charge >= 0.3 is 12.1 Å². The molecule has 22 heavy (non-hydrogen) atoms. The first-order chi connectivity index (χ1) is 9.63. The first kappa shape index (κ1) is 18.9. The molecule has 2 aliphatic rings. The molecule has 0 heterocycles. The third kappa shape index (κ3) is 3.43. The highest BCUT2D eigenvalue weighted by Crippen LogP contribution is 2.64. The predicted molar refractivity (Wildman–Crippen MR) is 68.7 cm³/mol. The van der Waals surface area contributed by atoms with Crippen LogP contribution in [0.2, 0.25) is 0 Å². The molecule has 10 heteroatoms. The van der Waals surface area contributed by atoms with Gasteiger partial charge in [-0.05, 0) is 24.2 Å². The van der Waals surface area contributed by atoms with Gasteiger partial charge in [0.1, 0.15) is 5.78 Å². The van der Waals surface area contributed by atoms with Gasteiger partial charge in [0.15, 0.2) is 0 Å². The molecule has 128 valence electrons. The Kier molecular flexibility index (Phi) is 4.71. The number of hydrogen-bond donors (Lipinski definition) is 2. The third-order valence-corrected chi connectivity index (χ3v) is 5.67. The van der Waals surface area contributed by atoms with Gasteiger partial charge in [-0.25, -0.2) is 4.79 Å². The molecule has 0 aromatic rings. The molecule has 2 rings (SSSR count). The van der Waals surface area contributed by atoms with Crippen LogP contribution in [0, 0.1) is 16.7 Å². The van der Waals surface area contributed by atoms with Crippen LogP contribution in [-0.2, 0) is 19.7 Å². The normalized spacial score (nSPS) is 29.9. The Morgan fingerprint density at radius 2 is 1.82 bits per heavy atom.